The largest absolute Gasteiger partial charge is 4.00 e. The van der Waals surface area contributed by atoms with E-state index in [-0.39, 0.29) is 87.9 Å². The Balaban J connectivity index is -0.00000000114. The van der Waals surface area contributed by atoms with Gasteiger partial charge in [-0.25, -0.2) is 0 Å². The van der Waals surface area contributed by atoms with Gasteiger partial charge >= 0.3 is 114 Å². The molecule has 0 saturated heterocycles. The van der Waals surface area contributed by atoms with E-state index in [1.165, 1.54) is 22.5 Å². The zero-order chi connectivity index (χ0) is 4.00. The topological polar surface area (TPSA) is 0 Å². The van der Waals surface area contributed by atoms with Gasteiger partial charge in [0.2, 0.25) is 0 Å². The minimum absolute atomic E-state index is 0. The van der Waals surface area contributed by atoms with Crippen molar-refractivity contribution in [1.29, 1.82) is 0 Å². The van der Waals surface area contributed by atoms with Crippen molar-refractivity contribution in [2.75, 3.05) is 0 Å². The van der Waals surface area contributed by atoms with E-state index in [0.717, 1.165) is 0 Å². The van der Waals surface area contributed by atoms with E-state index in [2.05, 4.69) is 4.45 Å². The third kappa shape index (κ3) is 63.9. The van der Waals surface area contributed by atoms with Gasteiger partial charge in [0.05, 0.1) is 0 Å². The number of halogens is 3. The first kappa shape index (κ1) is 48.6. The molecule has 0 heterocycles. The summed E-state index contributed by atoms with van der Waals surface area (Å²) in [7, 11) is 0. The maximum Gasteiger partial charge on any atom is 4.00 e. The molecule has 0 aliphatic rings. The van der Waals surface area contributed by atoms with Gasteiger partial charge in [0.1, 0.15) is 0 Å². The van der Waals surface area contributed by atoms with Crippen LogP contribution in [0.1, 0.15) is 0 Å². The summed E-state index contributed by atoms with van der Waals surface area (Å²) in [6.45, 7) is 0. The van der Waals surface area contributed by atoms with Crippen LogP contribution < -0.4 is 37.2 Å². The van der Waals surface area contributed by atoms with E-state index in [4.69, 9.17) is 0 Å². The molecule has 0 nitrogen and oxygen atoms in total. The van der Waals surface area contributed by atoms with Crippen molar-refractivity contribution in [2.45, 2.75) is 0 Å². The third-order valence-corrected chi connectivity index (χ3v) is 0. The fourth-order valence-electron chi connectivity index (χ4n) is 0. The Morgan fingerprint density at radius 3 is 0.778 bits per heavy atom. The van der Waals surface area contributed by atoms with E-state index in [0.29, 0.717) is 0 Å². The minimum Gasteiger partial charge on any atom is 4.00 e. The molecular weight excluding hydrogens is 697 g/mol. The Bertz CT molecular complexity index is 17.8. The second-order valence-corrected chi connectivity index (χ2v) is 0. The molecule has 0 atom stereocenters. The predicted octanol–water partition coefficient (Wildman–Crippen LogP) is -10.9. The Morgan fingerprint density at radius 1 is 0.778 bits per heavy atom. The van der Waals surface area contributed by atoms with Crippen LogP contribution in [-0.2, 0) is 26.2 Å². The Hall–Kier alpha value is 4.90. The summed E-state index contributed by atoms with van der Waals surface area (Å²) in [5.41, 5.74) is 0. The van der Waals surface area contributed by atoms with Gasteiger partial charge in [-0.15, -0.1) is 0 Å². The maximum atomic E-state index is 4.55. The van der Waals surface area contributed by atoms with E-state index in [1.807, 2.05) is 0 Å². The van der Waals surface area contributed by atoms with Crippen LogP contribution >= 0.6 is 0 Å². The van der Waals surface area contributed by atoms with Gasteiger partial charge in [0, 0.05) is 0 Å². The monoisotopic (exact) mass is 692 g/mol. The van der Waals surface area contributed by atoms with Crippen molar-refractivity contribution in [3.8, 4) is 0 Å². The molecule has 0 amide bonds. The summed E-state index contributed by atoms with van der Waals surface area (Å²) in [4.78, 5) is 0. The first-order valence-electron chi connectivity index (χ1n) is 0.458. The summed E-state index contributed by atoms with van der Waals surface area (Å²) in [6, 6.07) is 0. The van der Waals surface area contributed by atoms with Gasteiger partial charge in [-0.2, -0.15) is 0 Å². The van der Waals surface area contributed by atoms with Crippen LogP contribution in [0.15, 0.2) is 0 Å². The summed E-state index contributed by atoms with van der Waals surface area (Å²) in [5.74, 6) is 0. The van der Waals surface area contributed by atoms with Crippen LogP contribution in [0.25, 0.3) is 0 Å². The maximum absolute atomic E-state index is 4.55. The first-order chi connectivity index (χ1) is 2.00. The van der Waals surface area contributed by atoms with Crippen LogP contribution in [0.4, 0.5) is 0 Å². The molecule has 0 aliphatic carbocycles. The number of rotatable bonds is 0. The smallest absolute Gasteiger partial charge is 4.00 e. The molecule has 51 valence electrons. The molecule has 0 aromatic rings. The van der Waals surface area contributed by atoms with Crippen LogP contribution in [-0.4, -0.2) is 87.9 Å². The summed E-state index contributed by atoms with van der Waals surface area (Å²) in [5, 5.41) is 0. The molecule has 0 fully saturated rings. The fourth-order valence-corrected chi connectivity index (χ4v) is 0. The van der Waals surface area contributed by atoms with Crippen LogP contribution in [0.2, 0.25) is 0 Å². The molecule has 0 spiro atoms. The molecule has 5 radical (unpaired) electrons. The molecule has 0 unspecified atom stereocenters. The second kappa shape index (κ2) is 76.1. The van der Waals surface area contributed by atoms with Crippen molar-refractivity contribution >= 4 is 87.9 Å². The van der Waals surface area contributed by atoms with Gasteiger partial charge < -0.3 is 37.2 Å². The summed E-state index contributed by atoms with van der Waals surface area (Å²) < 4.78 is 4.55. The van der Waals surface area contributed by atoms with Crippen molar-refractivity contribution in [1.82, 2.24) is 0 Å². The molecule has 0 bridgehead atoms. The Kier molecular flexibility index (Phi) is 411. The average molecular weight is 699 g/mol. The molecular formula is CH2Cl3Sb4Zr. The Morgan fingerprint density at radius 2 is 0.778 bits per heavy atom. The molecule has 0 saturated carbocycles. The van der Waals surface area contributed by atoms with Crippen LogP contribution in [0.3, 0.4) is 0 Å². The van der Waals surface area contributed by atoms with Crippen LogP contribution in [0.5, 0.6) is 0 Å². The van der Waals surface area contributed by atoms with Gasteiger partial charge in [0.15, 0.2) is 0 Å². The standard InChI is InChI=1S/CH.3ClH.4Sb.Zr.H/h4*1H;;;;;;/q-1;;;;;;;;+4;/p-3. The predicted molar refractivity (Wildman–Crippen MR) is 30.5 cm³/mol. The van der Waals surface area contributed by atoms with Gasteiger partial charge in [0.25, 0.3) is 0 Å². The summed E-state index contributed by atoms with van der Waals surface area (Å²) >= 11 is 4.85. The van der Waals surface area contributed by atoms with Crippen molar-refractivity contribution < 1.29 is 63.4 Å². The molecule has 0 N–H and O–H groups in total. The molecule has 9 heavy (non-hydrogen) atoms. The Labute approximate surface area is 148 Å². The van der Waals surface area contributed by atoms with E-state index < -0.39 is 0 Å². The van der Waals surface area contributed by atoms with E-state index in [9.17, 15) is 0 Å². The summed E-state index contributed by atoms with van der Waals surface area (Å²) in [6.07, 6.45) is 0. The first-order valence-corrected chi connectivity index (χ1v) is 10.7. The van der Waals surface area contributed by atoms with Gasteiger partial charge in [-0.3, -0.25) is 0 Å². The molecule has 8 heteroatoms. The average Bonchev–Trinajstić information content (AvgIpc) is 1.50. The molecule has 0 aromatic carbocycles. The quantitative estimate of drug-likeness (QED) is 0.175. The zero-order valence-corrected chi connectivity index (χ0v) is 19.3. The van der Waals surface area contributed by atoms with E-state index >= 15 is 0 Å². The zero-order valence-electron chi connectivity index (χ0n) is 4.05. The molecule has 0 rings (SSSR count). The normalized spacial score (nSPS) is 0.889. The third-order valence-electron chi connectivity index (χ3n) is 0. The molecule has 0 aromatic heterocycles. The van der Waals surface area contributed by atoms with Crippen molar-refractivity contribution in [3.63, 3.8) is 0 Å². The number of hydrogen-bond acceptors (Lipinski definition) is 0. The molecule has 0 aliphatic heterocycles. The number of hydrogen-bond donors (Lipinski definition) is 0. The SMILES string of the molecule is [CH-]=[Sb].[Cl-].[Cl-].[Cl-].[SbH].[Sb]=[Sb].[Zr+4]. The second-order valence-electron chi connectivity index (χ2n) is 0. The van der Waals surface area contributed by atoms with E-state index in [1.54, 1.807) is 36.5 Å². The minimum atomic E-state index is 0. The van der Waals surface area contributed by atoms with Gasteiger partial charge in [-0.05, 0) is 0 Å². The van der Waals surface area contributed by atoms with Crippen molar-refractivity contribution in [3.05, 3.63) is 0 Å². The van der Waals surface area contributed by atoms with Crippen LogP contribution in [0, 0.1) is 0 Å². The fraction of sp³-hybridized carbons (Fsp3) is 0. The van der Waals surface area contributed by atoms with Crippen molar-refractivity contribution in [2.24, 2.45) is 0 Å². The van der Waals surface area contributed by atoms with Gasteiger partial charge in [-0.1, -0.05) is 0 Å².